The Hall–Kier alpha value is -1.03. The fraction of sp³-hybridized carbons (Fsp3) is 0.636. The Morgan fingerprint density at radius 2 is 2.19 bits per heavy atom. The predicted molar refractivity (Wildman–Crippen MR) is 64.2 cm³/mol. The van der Waals surface area contributed by atoms with Crippen molar-refractivity contribution in [2.45, 2.75) is 26.8 Å². The van der Waals surface area contributed by atoms with Gasteiger partial charge >= 0.3 is 0 Å². The summed E-state index contributed by atoms with van der Waals surface area (Å²) in [5.41, 5.74) is 0.129. The van der Waals surface area contributed by atoms with Crippen molar-refractivity contribution in [1.82, 2.24) is 9.97 Å². The van der Waals surface area contributed by atoms with E-state index >= 15 is 0 Å². The van der Waals surface area contributed by atoms with Gasteiger partial charge in [-0.15, -0.1) is 0 Å². The van der Waals surface area contributed by atoms with Crippen LogP contribution in [0.5, 0.6) is 5.75 Å². The van der Waals surface area contributed by atoms with Crippen molar-refractivity contribution in [3.63, 3.8) is 0 Å². The van der Waals surface area contributed by atoms with Crippen LogP contribution in [0.3, 0.4) is 0 Å². The topological polar surface area (TPSA) is 38.2 Å². The van der Waals surface area contributed by atoms with Gasteiger partial charge in [0.1, 0.15) is 6.61 Å². The molecule has 5 heteroatoms. The summed E-state index contributed by atoms with van der Waals surface area (Å²) in [6.45, 7) is 7.21. The Morgan fingerprint density at radius 3 is 2.81 bits per heavy atom. The third-order valence-electron chi connectivity index (χ3n) is 2.90. The van der Waals surface area contributed by atoms with Crippen LogP contribution in [0.25, 0.3) is 0 Å². The monoisotopic (exact) mass is 241 g/mol. The number of hydrogen-bond acceptors (Lipinski definition) is 4. The van der Waals surface area contributed by atoms with Gasteiger partial charge in [-0.2, -0.15) is 4.98 Å². The van der Waals surface area contributed by atoms with Crippen molar-refractivity contribution in [2.24, 2.45) is 5.41 Å². The molecule has 2 heterocycles. The molecular weight excluding hydrogens is 226 g/mol. The van der Waals surface area contributed by atoms with Crippen LogP contribution in [0.1, 0.15) is 20.8 Å². The van der Waals surface area contributed by atoms with E-state index in [4.69, 9.17) is 16.3 Å². The molecule has 0 radical (unpaired) electrons. The van der Waals surface area contributed by atoms with Gasteiger partial charge in [-0.3, -0.25) is 0 Å². The van der Waals surface area contributed by atoms with E-state index in [1.807, 2.05) is 7.05 Å². The van der Waals surface area contributed by atoms with Crippen molar-refractivity contribution < 1.29 is 4.74 Å². The van der Waals surface area contributed by atoms with Gasteiger partial charge in [0.05, 0.1) is 12.2 Å². The summed E-state index contributed by atoms with van der Waals surface area (Å²) in [7, 11) is 2.01. The minimum atomic E-state index is 0.129. The van der Waals surface area contributed by atoms with Gasteiger partial charge < -0.3 is 9.64 Å². The number of fused-ring (bicyclic) bond motifs is 1. The van der Waals surface area contributed by atoms with Crippen LogP contribution in [-0.2, 0) is 0 Å². The molecule has 2 rings (SSSR count). The molecular formula is C11H16ClN3O. The van der Waals surface area contributed by atoms with Gasteiger partial charge in [0.15, 0.2) is 11.6 Å². The minimum Gasteiger partial charge on any atom is -0.486 e. The maximum atomic E-state index is 5.80. The predicted octanol–water partition coefficient (Wildman–Crippen LogP) is 2.37. The second kappa shape index (κ2) is 3.77. The van der Waals surface area contributed by atoms with Crippen LogP contribution in [0.4, 0.5) is 5.82 Å². The smallest absolute Gasteiger partial charge is 0.224 e. The fourth-order valence-corrected chi connectivity index (χ4v) is 2.08. The minimum absolute atomic E-state index is 0.129. The average Bonchev–Trinajstić information content (AvgIpc) is 2.17. The average molecular weight is 242 g/mol. The third kappa shape index (κ3) is 1.94. The molecule has 0 amide bonds. The van der Waals surface area contributed by atoms with E-state index in [0.717, 1.165) is 5.82 Å². The molecule has 0 aromatic carbocycles. The second-order valence-corrected chi connectivity index (χ2v) is 5.47. The first kappa shape index (κ1) is 11.5. The van der Waals surface area contributed by atoms with Crippen molar-refractivity contribution in [3.8, 4) is 5.75 Å². The van der Waals surface area contributed by atoms with E-state index in [2.05, 4.69) is 35.6 Å². The molecule has 0 spiro atoms. The molecule has 4 nitrogen and oxygen atoms in total. The summed E-state index contributed by atoms with van der Waals surface area (Å²) in [6, 6.07) is 0.283. The quantitative estimate of drug-likeness (QED) is 0.654. The summed E-state index contributed by atoms with van der Waals surface area (Å²) in [5, 5.41) is 0.253. The van der Waals surface area contributed by atoms with Gasteiger partial charge in [0, 0.05) is 7.05 Å². The molecule has 1 atom stereocenters. The van der Waals surface area contributed by atoms with Crippen LogP contribution in [0, 0.1) is 5.41 Å². The number of likely N-dealkylation sites (N-methyl/N-ethyl adjacent to an activating group) is 1. The molecule has 1 aliphatic heterocycles. The molecule has 1 aromatic rings. The molecule has 0 fully saturated rings. The number of rotatable bonds is 0. The lowest BCUT2D eigenvalue weighted by Crippen LogP contribution is -2.49. The Kier molecular flexibility index (Phi) is 2.70. The SMILES string of the molecule is CN1c2nc(Cl)ncc2OCC1C(C)(C)C. The lowest BCUT2D eigenvalue weighted by molar-refractivity contribution is 0.183. The number of ether oxygens (including phenoxy) is 1. The lowest BCUT2D eigenvalue weighted by atomic mass is 9.86. The molecule has 0 aliphatic carbocycles. The molecule has 0 saturated carbocycles. The summed E-state index contributed by atoms with van der Waals surface area (Å²) >= 11 is 5.80. The van der Waals surface area contributed by atoms with E-state index in [0.29, 0.717) is 12.4 Å². The van der Waals surface area contributed by atoms with E-state index < -0.39 is 0 Å². The largest absolute Gasteiger partial charge is 0.486 e. The van der Waals surface area contributed by atoms with Crippen molar-refractivity contribution >= 4 is 17.4 Å². The zero-order valence-corrected chi connectivity index (χ0v) is 10.7. The standard InChI is InChI=1S/C11H16ClN3O/c1-11(2,3)8-6-16-7-5-13-10(12)14-9(7)15(8)4/h5,8H,6H2,1-4H3. The van der Waals surface area contributed by atoms with E-state index in [9.17, 15) is 0 Å². The lowest BCUT2D eigenvalue weighted by Gasteiger charge is -2.41. The maximum Gasteiger partial charge on any atom is 0.224 e. The number of hydrogen-bond donors (Lipinski definition) is 0. The Bertz CT molecular complexity index is 403. The molecule has 1 unspecified atom stereocenters. The van der Waals surface area contributed by atoms with Gasteiger partial charge in [-0.05, 0) is 17.0 Å². The van der Waals surface area contributed by atoms with Crippen LogP contribution >= 0.6 is 11.6 Å². The first-order valence-corrected chi connectivity index (χ1v) is 5.65. The van der Waals surface area contributed by atoms with Crippen molar-refractivity contribution in [3.05, 3.63) is 11.5 Å². The van der Waals surface area contributed by atoms with Gasteiger partial charge in [0.25, 0.3) is 0 Å². The molecule has 0 saturated heterocycles. The highest BCUT2D eigenvalue weighted by Gasteiger charge is 2.34. The summed E-state index contributed by atoms with van der Waals surface area (Å²) in [4.78, 5) is 10.2. The number of halogens is 1. The van der Waals surface area contributed by atoms with Crippen LogP contribution in [0.2, 0.25) is 5.28 Å². The van der Waals surface area contributed by atoms with Crippen LogP contribution in [-0.4, -0.2) is 29.7 Å². The van der Waals surface area contributed by atoms with E-state index in [-0.39, 0.29) is 16.7 Å². The summed E-state index contributed by atoms with van der Waals surface area (Å²) in [6.07, 6.45) is 1.63. The highest BCUT2D eigenvalue weighted by atomic mass is 35.5. The van der Waals surface area contributed by atoms with Crippen molar-refractivity contribution in [1.29, 1.82) is 0 Å². The normalized spacial score (nSPS) is 20.3. The molecule has 88 valence electrons. The molecule has 1 aliphatic rings. The molecule has 1 aromatic heterocycles. The van der Waals surface area contributed by atoms with Gasteiger partial charge in [0.2, 0.25) is 5.28 Å². The highest BCUT2D eigenvalue weighted by Crippen LogP contribution is 2.36. The van der Waals surface area contributed by atoms with Gasteiger partial charge in [-0.25, -0.2) is 4.98 Å². The van der Waals surface area contributed by atoms with Crippen molar-refractivity contribution in [2.75, 3.05) is 18.6 Å². The van der Waals surface area contributed by atoms with E-state index in [1.165, 1.54) is 0 Å². The Morgan fingerprint density at radius 1 is 1.50 bits per heavy atom. The number of anilines is 1. The number of aromatic nitrogens is 2. The molecule has 0 N–H and O–H groups in total. The third-order valence-corrected chi connectivity index (χ3v) is 3.09. The van der Waals surface area contributed by atoms with Crippen LogP contribution in [0.15, 0.2) is 6.20 Å². The Balaban J connectivity index is 2.38. The molecule has 0 bridgehead atoms. The fourth-order valence-electron chi connectivity index (χ4n) is 1.95. The highest BCUT2D eigenvalue weighted by molar-refractivity contribution is 6.28. The Labute approximate surface area is 101 Å². The first-order chi connectivity index (χ1) is 7.39. The van der Waals surface area contributed by atoms with Gasteiger partial charge in [-0.1, -0.05) is 20.8 Å². The number of nitrogens with zero attached hydrogens (tertiary/aromatic N) is 3. The first-order valence-electron chi connectivity index (χ1n) is 5.28. The zero-order chi connectivity index (χ0) is 11.9. The molecule has 16 heavy (non-hydrogen) atoms. The maximum absolute atomic E-state index is 5.80. The summed E-state index contributed by atoms with van der Waals surface area (Å²) in [5.74, 6) is 1.47. The summed E-state index contributed by atoms with van der Waals surface area (Å²) < 4.78 is 5.66. The second-order valence-electron chi connectivity index (χ2n) is 5.13. The van der Waals surface area contributed by atoms with E-state index in [1.54, 1.807) is 6.20 Å². The zero-order valence-electron chi connectivity index (χ0n) is 9.99. The van der Waals surface area contributed by atoms with Crippen LogP contribution < -0.4 is 9.64 Å².